The van der Waals surface area contributed by atoms with Crippen LogP contribution >= 0.6 is 0 Å². The minimum Gasteiger partial charge on any atom is -0.465 e. The van der Waals surface area contributed by atoms with Gasteiger partial charge in [0.1, 0.15) is 36.6 Å². The molecule has 6 aliphatic heterocycles. The molecule has 18 rings (SSSR count). The summed E-state index contributed by atoms with van der Waals surface area (Å²) in [6.07, 6.45) is 12.1. The highest BCUT2D eigenvalue weighted by Crippen LogP contribution is 2.63. The second kappa shape index (κ2) is 34.8. The molecule has 0 spiro atoms. The second-order valence-corrected chi connectivity index (χ2v) is 42.6. The van der Waals surface area contributed by atoms with Crippen molar-refractivity contribution in [1.82, 2.24) is 0 Å². The van der Waals surface area contributed by atoms with Crippen molar-refractivity contribution in [3.05, 3.63) is 0 Å². The SMILES string of the molecule is CCC(C)(C)C(=O)OC1C(C)C2CC1C1COC(=O)C21.CCC(C)(C)C(=O)OC1C2CC(C1OC)C1C(=O)OCC21.CCC(C)(C)C(=O)OC1CC2CC1C1C(=O)OCC21.CCC(C)(C)C(=O)OC1CC2CC1C1C(=O)OCC21.CCC(C)(C)C(=O)OC1CC2CC1C1COC(=O)C21.CCOC1C2CC(C3COC(=O)C32)C1OC(=O)C(C)(C)CC. The van der Waals surface area contributed by atoms with E-state index in [-0.39, 0.29) is 221 Å². The molecule has 0 aromatic heterocycles. The molecule has 0 aromatic carbocycles. The number of carbonyl (C=O) groups excluding carboxylic acids is 12. The maximum atomic E-state index is 12.5. The van der Waals surface area contributed by atoms with Gasteiger partial charge in [0.25, 0.3) is 0 Å². The minimum absolute atomic E-state index is 0.000856. The fourth-order valence-corrected chi connectivity index (χ4v) is 24.3. The standard InChI is InChI=1S/C17H26O5.C16H24O5.C16H24O4.3C15H22O4/c1-5-17(3,4)16(19)22-14-9-7-10(13(14)20-6-2)12-11(9)8-21-15(12)18;1-5-16(2,3)15(18)21-13-8-6-9(12(13)19-4)11-10(8)7-20-14(11)17;1-5-16(3,4)15(18)20-13-8(2)9-6-10(13)11-7-19-14(17)12(9)11;1-4-15(2,3)14(17)19-11-6-8-5-9(11)10-7-18-13(16)12(8)10;2*1-4-15(2,3)14(17)19-11-6-8-5-9(11)12-10(8)7-18-13(12)16/h9-14H,5-8H2,1-4H3;8-13H,5-7H2,1-4H3;8-13H,5-7H2,1-4H3;3*8-12H,4-7H2,1-3H3. The Bertz CT molecular complexity index is 3790. The molecule has 120 heavy (non-hydrogen) atoms. The van der Waals surface area contributed by atoms with Gasteiger partial charge in [-0.1, -0.05) is 48.5 Å². The average molecular weight is 1690 g/mol. The molecule has 6 heterocycles. The Morgan fingerprint density at radius 1 is 0.275 bits per heavy atom. The number of hydrogen-bond acceptors (Lipinski definition) is 26. The van der Waals surface area contributed by atoms with Gasteiger partial charge in [0.05, 0.1) is 120 Å². The summed E-state index contributed by atoms with van der Waals surface area (Å²) in [7, 11) is 1.63. The Morgan fingerprint density at radius 2 is 0.533 bits per heavy atom. The van der Waals surface area contributed by atoms with Crippen LogP contribution in [0.1, 0.15) is 235 Å². The van der Waals surface area contributed by atoms with Gasteiger partial charge in [-0.15, -0.1) is 0 Å². The molecule has 18 fully saturated rings. The highest BCUT2D eigenvalue weighted by Gasteiger charge is 2.70. The fourth-order valence-electron chi connectivity index (χ4n) is 24.3. The lowest BCUT2D eigenvalue weighted by molar-refractivity contribution is -0.176. The van der Waals surface area contributed by atoms with E-state index in [0.717, 1.165) is 96.3 Å². The van der Waals surface area contributed by atoms with Crippen molar-refractivity contribution in [2.24, 2.45) is 180 Å². The third-order valence-electron chi connectivity index (χ3n) is 34.2. The summed E-state index contributed by atoms with van der Waals surface area (Å²) in [4.78, 5) is 144. The van der Waals surface area contributed by atoms with E-state index in [1.165, 1.54) is 0 Å². The highest BCUT2D eigenvalue weighted by molar-refractivity contribution is 5.82. The van der Waals surface area contributed by atoms with Crippen molar-refractivity contribution in [3.8, 4) is 0 Å². The maximum Gasteiger partial charge on any atom is 0.311 e. The predicted octanol–water partition coefficient (Wildman–Crippen LogP) is 12.9. The minimum atomic E-state index is -0.486. The summed E-state index contributed by atoms with van der Waals surface area (Å²) in [5, 5.41) is 0. The van der Waals surface area contributed by atoms with Crippen LogP contribution in [0.5, 0.6) is 0 Å². The number of methoxy groups -OCH3 is 1. The van der Waals surface area contributed by atoms with Crippen LogP contribution in [0.2, 0.25) is 0 Å². The Hall–Kier alpha value is -6.44. The van der Waals surface area contributed by atoms with E-state index in [1.807, 2.05) is 132 Å². The van der Waals surface area contributed by atoms with Crippen molar-refractivity contribution in [3.63, 3.8) is 0 Å². The van der Waals surface area contributed by atoms with Crippen LogP contribution in [-0.2, 0) is 124 Å². The Morgan fingerprint density at radius 3 is 0.883 bits per heavy atom. The van der Waals surface area contributed by atoms with Crippen LogP contribution in [0.25, 0.3) is 0 Å². The highest BCUT2D eigenvalue weighted by atomic mass is 16.6. The van der Waals surface area contributed by atoms with E-state index >= 15 is 0 Å². The zero-order valence-corrected chi connectivity index (χ0v) is 75.2. The second-order valence-electron chi connectivity index (χ2n) is 42.6. The summed E-state index contributed by atoms with van der Waals surface area (Å²) in [5.41, 5.74) is -2.68. The monoisotopic (exact) mass is 1680 g/mol. The van der Waals surface area contributed by atoms with Crippen molar-refractivity contribution in [2.45, 2.75) is 284 Å². The molecule has 672 valence electrons. The molecule has 6 saturated heterocycles. The first-order chi connectivity index (χ1) is 56.5. The van der Waals surface area contributed by atoms with Gasteiger partial charge in [-0.3, -0.25) is 57.5 Å². The summed E-state index contributed by atoms with van der Waals surface area (Å²) in [5.74, 6) is 4.12. The molecule has 26 heteroatoms. The molecule has 0 N–H and O–H groups in total. The smallest absolute Gasteiger partial charge is 0.311 e. The lowest BCUT2D eigenvalue weighted by atomic mass is 9.74. The van der Waals surface area contributed by atoms with Crippen LogP contribution in [0, 0.1) is 180 Å². The zero-order valence-electron chi connectivity index (χ0n) is 75.2. The number of cyclic esters (lactones) is 6. The first-order valence-electron chi connectivity index (χ1n) is 45.9. The molecule has 0 amide bonds. The molecular formula is C94H140O26. The number of ether oxygens (including phenoxy) is 14. The van der Waals surface area contributed by atoms with Gasteiger partial charge in [-0.05, 0) is 216 Å². The molecule has 33 unspecified atom stereocenters. The van der Waals surface area contributed by atoms with Crippen LogP contribution in [0.15, 0.2) is 0 Å². The number of esters is 12. The first-order valence-corrected chi connectivity index (χ1v) is 45.9. The average Bonchev–Trinajstić information content (AvgIpc) is 1.57. The van der Waals surface area contributed by atoms with Crippen molar-refractivity contribution in [2.75, 3.05) is 53.4 Å². The van der Waals surface area contributed by atoms with Crippen LogP contribution in [0.4, 0.5) is 0 Å². The summed E-state index contributed by atoms with van der Waals surface area (Å²) >= 11 is 0. The summed E-state index contributed by atoms with van der Waals surface area (Å²) in [6.45, 7) is 42.7. The molecule has 12 aliphatic carbocycles. The van der Waals surface area contributed by atoms with Gasteiger partial charge in [0.15, 0.2) is 0 Å². The van der Waals surface area contributed by atoms with E-state index in [0.29, 0.717) is 93.6 Å². The predicted molar refractivity (Wildman–Crippen MR) is 430 cm³/mol. The van der Waals surface area contributed by atoms with Crippen molar-refractivity contribution in [1.29, 1.82) is 0 Å². The van der Waals surface area contributed by atoms with E-state index in [4.69, 9.17) is 66.3 Å². The number of fused-ring (bicyclic) bond motifs is 30. The van der Waals surface area contributed by atoms with Gasteiger partial charge in [-0.25, -0.2) is 0 Å². The third-order valence-corrected chi connectivity index (χ3v) is 34.2. The van der Waals surface area contributed by atoms with E-state index in [9.17, 15) is 57.5 Å². The van der Waals surface area contributed by atoms with Crippen molar-refractivity contribution >= 4 is 71.6 Å². The Balaban J connectivity index is 0.000000125. The molecule has 12 saturated carbocycles. The van der Waals surface area contributed by atoms with Crippen LogP contribution in [0.3, 0.4) is 0 Å². The zero-order chi connectivity index (χ0) is 87.4. The van der Waals surface area contributed by atoms with E-state index in [2.05, 4.69) is 6.92 Å². The van der Waals surface area contributed by atoms with Crippen LogP contribution < -0.4 is 0 Å². The lowest BCUT2D eigenvalue weighted by Crippen LogP contribution is -2.47. The molecular weight excluding hydrogens is 1550 g/mol. The van der Waals surface area contributed by atoms with Gasteiger partial charge in [-0.2, -0.15) is 0 Å². The quantitative estimate of drug-likeness (QED) is 0.0761. The van der Waals surface area contributed by atoms with Crippen LogP contribution in [-0.4, -0.2) is 174 Å². The topological polar surface area (TPSA) is 334 Å². The number of rotatable bonds is 21. The first kappa shape index (κ1) is 91.3. The number of hydrogen-bond donors (Lipinski definition) is 0. The largest absolute Gasteiger partial charge is 0.465 e. The molecule has 12 bridgehead atoms. The lowest BCUT2D eigenvalue weighted by Gasteiger charge is -2.36. The molecule has 33 atom stereocenters. The Kier molecular flexibility index (Phi) is 26.5. The van der Waals surface area contributed by atoms with Gasteiger partial charge >= 0.3 is 71.6 Å². The maximum absolute atomic E-state index is 12.5. The fraction of sp³-hybridized carbons (Fsp3) is 0.872. The summed E-state index contributed by atoms with van der Waals surface area (Å²) in [6, 6.07) is 0. The normalized spacial score (nSPS) is 40.6. The third kappa shape index (κ3) is 16.6. The van der Waals surface area contributed by atoms with Gasteiger partial charge in [0.2, 0.25) is 0 Å². The van der Waals surface area contributed by atoms with Gasteiger partial charge < -0.3 is 66.3 Å². The molecule has 26 nitrogen and oxygen atoms in total. The van der Waals surface area contributed by atoms with Gasteiger partial charge in [0, 0.05) is 96.6 Å². The molecule has 0 radical (unpaired) electrons. The summed E-state index contributed by atoms with van der Waals surface area (Å²) < 4.78 is 77.3. The molecule has 18 aliphatic rings. The Labute approximate surface area is 709 Å². The van der Waals surface area contributed by atoms with E-state index in [1.54, 1.807) is 7.11 Å². The number of carbonyl (C=O) groups is 12. The molecule has 0 aromatic rings. The van der Waals surface area contributed by atoms with E-state index < -0.39 is 32.5 Å². The van der Waals surface area contributed by atoms with Crippen molar-refractivity contribution < 1.29 is 124 Å².